The van der Waals surface area contributed by atoms with Gasteiger partial charge in [0.2, 0.25) is 5.91 Å². The van der Waals surface area contributed by atoms with Crippen LogP contribution in [-0.4, -0.2) is 61.6 Å². The Hall–Kier alpha value is -2.97. The predicted octanol–water partition coefficient (Wildman–Crippen LogP) is 4.99. The molecule has 0 aromatic heterocycles. The van der Waals surface area contributed by atoms with Crippen molar-refractivity contribution in [3.8, 4) is 23.0 Å². The van der Waals surface area contributed by atoms with Crippen LogP contribution in [0.2, 0.25) is 0 Å². The van der Waals surface area contributed by atoms with E-state index < -0.39 is 5.41 Å². The summed E-state index contributed by atoms with van der Waals surface area (Å²) < 4.78 is 23.1. The molecule has 6 rings (SSSR count). The van der Waals surface area contributed by atoms with E-state index in [1.807, 2.05) is 24.3 Å². The normalized spacial score (nSPS) is 33.7. The summed E-state index contributed by atoms with van der Waals surface area (Å²) in [4.78, 5) is 16.4. The number of likely N-dealkylation sites (tertiary alicyclic amines) is 1. The van der Waals surface area contributed by atoms with Gasteiger partial charge in [-0.15, -0.1) is 0 Å². The molecule has 2 heterocycles. The van der Waals surface area contributed by atoms with E-state index in [0.29, 0.717) is 37.1 Å². The van der Waals surface area contributed by atoms with Crippen LogP contribution in [0.3, 0.4) is 0 Å². The van der Waals surface area contributed by atoms with Gasteiger partial charge in [0, 0.05) is 30.6 Å². The molecule has 1 spiro atoms. The van der Waals surface area contributed by atoms with Crippen LogP contribution in [0.5, 0.6) is 23.0 Å². The fraction of sp³-hybridized carbons (Fsp3) is 0.581. The first-order chi connectivity index (χ1) is 18.7. The van der Waals surface area contributed by atoms with Gasteiger partial charge in [0.25, 0.3) is 0 Å². The Balaban J connectivity index is 1.61. The number of phenolic OH excluding ortho intramolecular Hbond substituents is 2. The Kier molecular flexibility index (Phi) is 6.08. The Morgan fingerprint density at radius 1 is 1.00 bits per heavy atom. The Labute approximate surface area is 229 Å². The Morgan fingerprint density at radius 3 is 2.28 bits per heavy atom. The number of hydrogen-bond acceptors (Lipinski definition) is 7. The van der Waals surface area contributed by atoms with Crippen LogP contribution >= 0.6 is 0 Å². The molecule has 4 aliphatic rings. The summed E-state index contributed by atoms with van der Waals surface area (Å²) in [5, 5.41) is 20.8. The van der Waals surface area contributed by atoms with E-state index in [9.17, 15) is 15.0 Å². The largest absolute Gasteiger partial charge is 0.504 e. The zero-order valence-corrected chi connectivity index (χ0v) is 23.4. The van der Waals surface area contributed by atoms with Gasteiger partial charge in [0.05, 0.1) is 39.4 Å². The summed E-state index contributed by atoms with van der Waals surface area (Å²) in [5.41, 5.74) is 1.24. The van der Waals surface area contributed by atoms with Crippen LogP contribution in [0.4, 0.5) is 0 Å². The Bertz CT molecular complexity index is 1290. The predicted molar refractivity (Wildman–Crippen MR) is 144 cm³/mol. The van der Waals surface area contributed by atoms with E-state index in [-0.39, 0.29) is 46.4 Å². The summed E-state index contributed by atoms with van der Waals surface area (Å²) in [5.74, 6) is 1.43. The van der Waals surface area contributed by atoms with Gasteiger partial charge in [0.1, 0.15) is 0 Å². The number of fused-ring (bicyclic) bond motifs is 1. The monoisotopic (exact) mass is 537 g/mol. The number of ether oxygens (including phenoxy) is 4. The van der Waals surface area contributed by atoms with E-state index in [1.54, 1.807) is 33.5 Å². The average molecular weight is 538 g/mol. The van der Waals surface area contributed by atoms with E-state index >= 15 is 0 Å². The second-order valence-electron chi connectivity index (χ2n) is 12.3. The lowest BCUT2D eigenvalue weighted by Crippen LogP contribution is -2.55. The fourth-order valence-corrected chi connectivity index (χ4v) is 9.22. The van der Waals surface area contributed by atoms with Crippen molar-refractivity contribution in [2.24, 2.45) is 22.2 Å². The van der Waals surface area contributed by atoms with Crippen molar-refractivity contribution in [1.29, 1.82) is 0 Å². The molecule has 2 bridgehead atoms. The molecule has 210 valence electrons. The first-order valence-corrected chi connectivity index (χ1v) is 13.8. The zero-order chi connectivity index (χ0) is 27.7. The summed E-state index contributed by atoms with van der Waals surface area (Å²) in [7, 11) is 4.72. The molecule has 0 radical (unpaired) electrons. The second kappa shape index (κ2) is 9.03. The molecule has 8 heteroatoms. The quantitative estimate of drug-likeness (QED) is 0.514. The van der Waals surface area contributed by atoms with Gasteiger partial charge in [-0.05, 0) is 66.0 Å². The standard InChI is InChI=1S/C31H39NO7/c1-29(2)20-16-30-11-13-39-27(19-7-9-22(34)24(15-19)38-5)31(30,17-20)26(18-6-8-21(33)23(14-18)37-4)32(28(29)30)25(35)10-12-36-3/h6-9,14-15,20,26-28,33-34H,10-13,16-17H2,1-5H3/t20-,26?,27-,28+,30-,31+/m0/s1. The van der Waals surface area contributed by atoms with Crippen LogP contribution in [-0.2, 0) is 14.3 Å². The van der Waals surface area contributed by atoms with Gasteiger partial charge in [-0.3, -0.25) is 4.79 Å². The molecule has 6 atom stereocenters. The zero-order valence-electron chi connectivity index (χ0n) is 23.4. The van der Waals surface area contributed by atoms with Gasteiger partial charge in [0.15, 0.2) is 23.0 Å². The maximum absolute atomic E-state index is 14.2. The molecule has 1 amide bonds. The Morgan fingerprint density at radius 2 is 1.64 bits per heavy atom. The summed E-state index contributed by atoms with van der Waals surface area (Å²) in [6.45, 7) is 5.60. The first-order valence-electron chi connectivity index (χ1n) is 13.8. The van der Waals surface area contributed by atoms with E-state index in [4.69, 9.17) is 18.9 Å². The highest BCUT2D eigenvalue weighted by Gasteiger charge is 2.83. The van der Waals surface area contributed by atoms with Crippen molar-refractivity contribution in [1.82, 2.24) is 4.90 Å². The molecule has 2 saturated heterocycles. The smallest absolute Gasteiger partial charge is 0.225 e. The molecule has 39 heavy (non-hydrogen) atoms. The number of aromatic hydroxyl groups is 2. The summed E-state index contributed by atoms with van der Waals surface area (Å²) >= 11 is 0. The number of rotatable bonds is 7. The minimum atomic E-state index is -0.414. The molecule has 4 fully saturated rings. The lowest BCUT2D eigenvalue weighted by molar-refractivity contribution is -0.164. The van der Waals surface area contributed by atoms with E-state index in [1.165, 1.54) is 0 Å². The lowest BCUT2D eigenvalue weighted by atomic mass is 9.51. The first kappa shape index (κ1) is 26.3. The van der Waals surface area contributed by atoms with Crippen molar-refractivity contribution in [3.05, 3.63) is 47.5 Å². The van der Waals surface area contributed by atoms with Gasteiger partial charge in [-0.2, -0.15) is 0 Å². The minimum absolute atomic E-state index is 0.0308. The van der Waals surface area contributed by atoms with Gasteiger partial charge in [-0.25, -0.2) is 0 Å². The second-order valence-corrected chi connectivity index (χ2v) is 12.3. The molecule has 2 aromatic carbocycles. The van der Waals surface area contributed by atoms with Crippen molar-refractivity contribution >= 4 is 5.91 Å². The maximum Gasteiger partial charge on any atom is 0.225 e. The van der Waals surface area contributed by atoms with Crippen molar-refractivity contribution in [3.63, 3.8) is 0 Å². The minimum Gasteiger partial charge on any atom is -0.504 e. The van der Waals surface area contributed by atoms with Crippen molar-refractivity contribution in [2.75, 3.05) is 34.5 Å². The van der Waals surface area contributed by atoms with Crippen molar-refractivity contribution in [2.45, 2.75) is 57.7 Å². The number of amides is 1. The molecule has 2 saturated carbocycles. The fourth-order valence-electron chi connectivity index (χ4n) is 9.22. The maximum atomic E-state index is 14.2. The SMILES string of the molecule is COCCC(=O)N1C(c2ccc(O)c(OC)c2)[C@@]23C[C@@H]4C[C@@]2(CCO[C@H]3c2ccc(O)c(OC)c2)[C@H]1C4(C)C. The van der Waals surface area contributed by atoms with Crippen LogP contribution in [0.15, 0.2) is 36.4 Å². The van der Waals surface area contributed by atoms with Gasteiger partial charge in [-0.1, -0.05) is 26.0 Å². The molecule has 8 nitrogen and oxygen atoms in total. The van der Waals surface area contributed by atoms with Crippen molar-refractivity contribution < 1.29 is 34.0 Å². The number of hydrogen-bond donors (Lipinski definition) is 2. The molecule has 2 aliphatic carbocycles. The summed E-state index contributed by atoms with van der Waals surface area (Å²) in [6, 6.07) is 10.7. The molecule has 1 unspecified atom stereocenters. The topological polar surface area (TPSA) is 97.7 Å². The van der Waals surface area contributed by atoms with Crippen LogP contribution in [0.25, 0.3) is 0 Å². The van der Waals surface area contributed by atoms with Crippen LogP contribution < -0.4 is 9.47 Å². The number of phenols is 2. The summed E-state index contributed by atoms with van der Waals surface area (Å²) in [6.07, 6.45) is 2.81. The highest BCUT2D eigenvalue weighted by molar-refractivity contribution is 5.79. The highest BCUT2D eigenvalue weighted by Crippen LogP contribution is 2.85. The molecular weight excluding hydrogens is 498 g/mol. The number of carbonyl (C=O) groups is 1. The van der Waals surface area contributed by atoms with Crippen LogP contribution in [0.1, 0.15) is 62.8 Å². The third-order valence-electron chi connectivity index (χ3n) is 10.6. The average Bonchev–Trinajstić information content (AvgIpc) is 3.46. The number of benzene rings is 2. The molecule has 2 aromatic rings. The van der Waals surface area contributed by atoms with Gasteiger partial charge < -0.3 is 34.1 Å². The number of nitrogens with zero attached hydrogens (tertiary/aromatic N) is 1. The highest BCUT2D eigenvalue weighted by atomic mass is 16.5. The van der Waals surface area contributed by atoms with Crippen LogP contribution in [0, 0.1) is 22.2 Å². The molecule has 2 aliphatic heterocycles. The third kappa shape index (κ3) is 3.34. The molecular formula is C31H39NO7. The third-order valence-corrected chi connectivity index (χ3v) is 10.6. The lowest BCUT2D eigenvalue weighted by Gasteiger charge is -2.55. The number of methoxy groups -OCH3 is 3. The number of carbonyl (C=O) groups excluding carboxylic acids is 1. The van der Waals surface area contributed by atoms with E-state index in [2.05, 4.69) is 18.7 Å². The van der Waals surface area contributed by atoms with E-state index in [0.717, 1.165) is 30.4 Å². The molecule has 2 N–H and O–H groups in total. The van der Waals surface area contributed by atoms with Gasteiger partial charge >= 0.3 is 0 Å².